The van der Waals surface area contributed by atoms with Crippen LogP contribution in [0.25, 0.3) is 17.0 Å². The van der Waals surface area contributed by atoms with Gasteiger partial charge in [-0.2, -0.15) is 0 Å². The van der Waals surface area contributed by atoms with E-state index in [1.807, 2.05) is 30.3 Å². The third kappa shape index (κ3) is 4.12. The molecule has 1 aromatic heterocycles. The number of carbonyl (C=O) groups excluding carboxylic acids is 1. The third-order valence-corrected chi connectivity index (χ3v) is 4.11. The van der Waals surface area contributed by atoms with Crippen molar-refractivity contribution in [2.24, 2.45) is 0 Å². The lowest BCUT2D eigenvalue weighted by Crippen LogP contribution is -2.46. The van der Waals surface area contributed by atoms with Crippen LogP contribution in [0.15, 0.2) is 36.4 Å². The summed E-state index contributed by atoms with van der Waals surface area (Å²) in [7, 11) is 1.63. The van der Waals surface area contributed by atoms with E-state index in [1.54, 1.807) is 24.2 Å². The van der Waals surface area contributed by atoms with Crippen LogP contribution in [0.5, 0.6) is 0 Å². The van der Waals surface area contributed by atoms with Gasteiger partial charge < -0.3 is 14.4 Å². The molecular weight excluding hydrogens is 328 g/mol. The second-order valence-corrected chi connectivity index (χ2v) is 6.08. The van der Waals surface area contributed by atoms with Crippen molar-refractivity contribution in [3.63, 3.8) is 0 Å². The molecule has 0 N–H and O–H groups in total. The van der Waals surface area contributed by atoms with E-state index in [0.717, 1.165) is 16.6 Å². The van der Waals surface area contributed by atoms with Crippen molar-refractivity contribution in [3.8, 4) is 0 Å². The fourth-order valence-corrected chi connectivity index (χ4v) is 2.83. The quantitative estimate of drug-likeness (QED) is 0.799. The molecule has 0 radical (unpaired) electrons. The van der Waals surface area contributed by atoms with Gasteiger partial charge in [0, 0.05) is 36.7 Å². The maximum Gasteiger partial charge on any atom is 0.246 e. The molecule has 1 aromatic carbocycles. The topological polar surface area (TPSA) is 51.7 Å². The minimum absolute atomic E-state index is 0.0487. The van der Waals surface area contributed by atoms with Crippen molar-refractivity contribution < 1.29 is 14.3 Å². The first kappa shape index (κ1) is 16.9. The lowest BCUT2D eigenvalue weighted by molar-refractivity contribution is -0.135. The van der Waals surface area contributed by atoms with Gasteiger partial charge in [-0.1, -0.05) is 23.7 Å². The minimum atomic E-state index is -0.0676. The number of morpholine rings is 1. The standard InChI is InChI=1S/C18H19ClN2O3/c1-23-12-16-11-21(8-9-24-16)18(22)7-6-15-5-3-13-2-4-14(19)10-17(13)20-15/h2-7,10,16H,8-9,11-12H2,1H3/b7-6+. The molecule has 1 atom stereocenters. The van der Waals surface area contributed by atoms with Gasteiger partial charge in [-0.15, -0.1) is 0 Å². The molecule has 1 saturated heterocycles. The van der Waals surface area contributed by atoms with Gasteiger partial charge >= 0.3 is 0 Å². The van der Waals surface area contributed by atoms with E-state index < -0.39 is 0 Å². The summed E-state index contributed by atoms with van der Waals surface area (Å²) in [5.41, 5.74) is 1.53. The fraction of sp³-hybridized carbons (Fsp3) is 0.333. The fourth-order valence-electron chi connectivity index (χ4n) is 2.67. The first-order chi connectivity index (χ1) is 11.7. The summed E-state index contributed by atoms with van der Waals surface area (Å²) in [5, 5.41) is 1.66. The number of benzene rings is 1. The number of aromatic nitrogens is 1. The van der Waals surface area contributed by atoms with Crippen LogP contribution in [0.3, 0.4) is 0 Å². The van der Waals surface area contributed by atoms with E-state index in [9.17, 15) is 4.79 Å². The molecule has 24 heavy (non-hydrogen) atoms. The number of pyridine rings is 1. The molecule has 1 unspecified atom stereocenters. The van der Waals surface area contributed by atoms with Crippen molar-refractivity contribution in [1.29, 1.82) is 0 Å². The number of fused-ring (bicyclic) bond motifs is 1. The second-order valence-electron chi connectivity index (χ2n) is 5.64. The molecule has 6 heteroatoms. The molecular formula is C18H19ClN2O3. The molecule has 0 saturated carbocycles. The Bertz CT molecular complexity index is 761. The maximum atomic E-state index is 12.3. The van der Waals surface area contributed by atoms with Gasteiger partial charge in [0.25, 0.3) is 0 Å². The number of carbonyl (C=O) groups is 1. The smallest absolute Gasteiger partial charge is 0.246 e. The van der Waals surface area contributed by atoms with Gasteiger partial charge in [-0.3, -0.25) is 4.79 Å². The zero-order chi connectivity index (χ0) is 16.9. The molecule has 1 fully saturated rings. The molecule has 0 spiro atoms. The Morgan fingerprint density at radius 2 is 2.29 bits per heavy atom. The van der Waals surface area contributed by atoms with E-state index >= 15 is 0 Å². The molecule has 5 nitrogen and oxygen atoms in total. The monoisotopic (exact) mass is 346 g/mol. The number of rotatable bonds is 4. The Labute approximate surface area is 145 Å². The number of hydrogen-bond donors (Lipinski definition) is 0. The molecule has 3 rings (SSSR count). The molecule has 0 aliphatic carbocycles. The number of nitrogens with zero attached hydrogens (tertiary/aromatic N) is 2. The predicted octanol–water partition coefficient (Wildman–Crippen LogP) is 2.78. The lowest BCUT2D eigenvalue weighted by Gasteiger charge is -2.31. The average Bonchev–Trinajstić information content (AvgIpc) is 2.60. The van der Waals surface area contributed by atoms with Crippen molar-refractivity contribution in [3.05, 3.63) is 47.1 Å². The van der Waals surface area contributed by atoms with Crippen LogP contribution in [0, 0.1) is 0 Å². The van der Waals surface area contributed by atoms with Gasteiger partial charge in [0.15, 0.2) is 0 Å². The molecule has 2 aromatic rings. The van der Waals surface area contributed by atoms with Crippen LogP contribution in [-0.2, 0) is 14.3 Å². The zero-order valence-electron chi connectivity index (χ0n) is 13.4. The third-order valence-electron chi connectivity index (χ3n) is 3.88. The summed E-state index contributed by atoms with van der Waals surface area (Å²) in [6.45, 7) is 2.14. The Morgan fingerprint density at radius 3 is 3.12 bits per heavy atom. The normalized spacial score (nSPS) is 18.4. The highest BCUT2D eigenvalue weighted by Gasteiger charge is 2.22. The van der Waals surface area contributed by atoms with Crippen LogP contribution in [-0.4, -0.2) is 55.3 Å². The van der Waals surface area contributed by atoms with E-state index in [2.05, 4.69) is 4.98 Å². The first-order valence-electron chi connectivity index (χ1n) is 7.79. The van der Waals surface area contributed by atoms with Crippen LogP contribution in [0.4, 0.5) is 0 Å². The Balaban J connectivity index is 1.69. The maximum absolute atomic E-state index is 12.3. The van der Waals surface area contributed by atoms with E-state index in [4.69, 9.17) is 21.1 Å². The summed E-state index contributed by atoms with van der Waals surface area (Å²) in [5.74, 6) is -0.0487. The second kappa shape index (κ2) is 7.75. The average molecular weight is 347 g/mol. The molecule has 126 valence electrons. The summed E-state index contributed by atoms with van der Waals surface area (Å²) in [4.78, 5) is 18.6. The van der Waals surface area contributed by atoms with Gasteiger partial charge in [-0.05, 0) is 24.3 Å². The minimum Gasteiger partial charge on any atom is -0.382 e. The summed E-state index contributed by atoms with van der Waals surface area (Å²) >= 11 is 6.00. The Morgan fingerprint density at radius 1 is 1.46 bits per heavy atom. The molecule has 1 aliphatic rings. The SMILES string of the molecule is COCC1CN(C(=O)/C=C/c2ccc3ccc(Cl)cc3n2)CCO1. The van der Waals surface area contributed by atoms with E-state index in [0.29, 0.717) is 31.3 Å². The van der Waals surface area contributed by atoms with Crippen molar-refractivity contribution >= 4 is 34.5 Å². The summed E-state index contributed by atoms with van der Waals surface area (Å²) < 4.78 is 10.6. The first-order valence-corrected chi connectivity index (χ1v) is 8.17. The Kier molecular flexibility index (Phi) is 5.45. The van der Waals surface area contributed by atoms with Crippen LogP contribution < -0.4 is 0 Å². The van der Waals surface area contributed by atoms with Crippen LogP contribution in [0.1, 0.15) is 5.69 Å². The van der Waals surface area contributed by atoms with Crippen molar-refractivity contribution in [2.75, 3.05) is 33.4 Å². The van der Waals surface area contributed by atoms with Gasteiger partial charge in [0.2, 0.25) is 5.91 Å². The lowest BCUT2D eigenvalue weighted by atomic mass is 10.2. The molecule has 0 bridgehead atoms. The van der Waals surface area contributed by atoms with Gasteiger partial charge in [-0.25, -0.2) is 4.98 Å². The van der Waals surface area contributed by atoms with Gasteiger partial charge in [0.1, 0.15) is 0 Å². The summed E-state index contributed by atoms with van der Waals surface area (Å²) in [6, 6.07) is 9.42. The largest absolute Gasteiger partial charge is 0.382 e. The number of methoxy groups -OCH3 is 1. The van der Waals surface area contributed by atoms with Crippen LogP contribution >= 0.6 is 11.6 Å². The molecule has 1 aliphatic heterocycles. The zero-order valence-corrected chi connectivity index (χ0v) is 14.2. The van der Waals surface area contributed by atoms with E-state index in [1.165, 1.54) is 0 Å². The van der Waals surface area contributed by atoms with Gasteiger partial charge in [0.05, 0.1) is 30.5 Å². The number of hydrogen-bond acceptors (Lipinski definition) is 4. The highest BCUT2D eigenvalue weighted by atomic mass is 35.5. The number of halogens is 1. The summed E-state index contributed by atoms with van der Waals surface area (Å²) in [6.07, 6.45) is 3.21. The van der Waals surface area contributed by atoms with Crippen molar-refractivity contribution in [2.45, 2.75) is 6.10 Å². The number of amides is 1. The highest BCUT2D eigenvalue weighted by molar-refractivity contribution is 6.31. The predicted molar refractivity (Wildman–Crippen MR) is 94.0 cm³/mol. The van der Waals surface area contributed by atoms with E-state index in [-0.39, 0.29) is 12.0 Å². The van der Waals surface area contributed by atoms with Crippen LogP contribution in [0.2, 0.25) is 5.02 Å². The Hall–Kier alpha value is -1.95. The highest BCUT2D eigenvalue weighted by Crippen LogP contribution is 2.18. The molecule has 1 amide bonds. The van der Waals surface area contributed by atoms with Crippen molar-refractivity contribution in [1.82, 2.24) is 9.88 Å². The number of ether oxygens (including phenoxy) is 2. The molecule has 2 heterocycles.